The number of rotatable bonds is 3. The third-order valence-corrected chi connectivity index (χ3v) is 5.08. The fourth-order valence-electron chi connectivity index (χ4n) is 2.79. The molecule has 0 aliphatic carbocycles. The van der Waals surface area contributed by atoms with Gasteiger partial charge in [0.25, 0.3) is 0 Å². The number of carbonyl (C=O) groups is 1. The van der Waals surface area contributed by atoms with Gasteiger partial charge in [-0.2, -0.15) is 0 Å². The van der Waals surface area contributed by atoms with Gasteiger partial charge < -0.3 is 10.6 Å². The molecule has 116 valence electrons. The SMILES string of the molecule is O=C1NCCCC1Nc1ncnc2sc(-c3ccccc3)cc12. The number of piperidine rings is 1. The predicted molar refractivity (Wildman–Crippen MR) is 92.5 cm³/mol. The number of benzene rings is 1. The number of thiophene rings is 1. The lowest BCUT2D eigenvalue weighted by Gasteiger charge is -2.23. The minimum absolute atomic E-state index is 0.0431. The summed E-state index contributed by atoms with van der Waals surface area (Å²) in [7, 11) is 0. The van der Waals surface area contributed by atoms with Gasteiger partial charge in [0.1, 0.15) is 23.0 Å². The molecule has 6 heteroatoms. The first-order valence-corrected chi connectivity index (χ1v) is 8.47. The van der Waals surface area contributed by atoms with Crippen LogP contribution in [-0.2, 0) is 4.79 Å². The Balaban J connectivity index is 1.70. The van der Waals surface area contributed by atoms with Crippen LogP contribution >= 0.6 is 11.3 Å². The third-order valence-electron chi connectivity index (χ3n) is 3.98. The lowest BCUT2D eigenvalue weighted by atomic mass is 10.1. The van der Waals surface area contributed by atoms with Crippen molar-refractivity contribution < 1.29 is 4.79 Å². The van der Waals surface area contributed by atoms with E-state index in [4.69, 9.17) is 0 Å². The summed E-state index contributed by atoms with van der Waals surface area (Å²) in [6, 6.07) is 12.1. The summed E-state index contributed by atoms with van der Waals surface area (Å²) in [6.45, 7) is 0.757. The Bertz CT molecular complexity index is 846. The molecule has 4 rings (SSSR count). The second kappa shape index (κ2) is 5.96. The van der Waals surface area contributed by atoms with Crippen molar-refractivity contribution in [1.82, 2.24) is 15.3 Å². The van der Waals surface area contributed by atoms with Crippen LogP contribution in [-0.4, -0.2) is 28.5 Å². The number of nitrogens with one attached hydrogen (secondary N) is 2. The smallest absolute Gasteiger partial charge is 0.242 e. The van der Waals surface area contributed by atoms with Crippen molar-refractivity contribution in [1.29, 1.82) is 0 Å². The second-order valence-electron chi connectivity index (χ2n) is 5.55. The van der Waals surface area contributed by atoms with Gasteiger partial charge in [-0.1, -0.05) is 30.3 Å². The zero-order valence-corrected chi connectivity index (χ0v) is 13.3. The molecular weight excluding hydrogens is 308 g/mol. The van der Waals surface area contributed by atoms with E-state index in [0.717, 1.165) is 45.9 Å². The van der Waals surface area contributed by atoms with E-state index in [2.05, 4.69) is 38.8 Å². The van der Waals surface area contributed by atoms with E-state index in [-0.39, 0.29) is 11.9 Å². The molecule has 0 saturated carbocycles. The fraction of sp³-hybridized carbons (Fsp3) is 0.235. The molecule has 2 N–H and O–H groups in total. The molecule has 1 atom stereocenters. The monoisotopic (exact) mass is 324 g/mol. The van der Waals surface area contributed by atoms with E-state index < -0.39 is 0 Å². The Morgan fingerprint density at radius 1 is 1.22 bits per heavy atom. The number of fused-ring (bicyclic) bond motifs is 1. The zero-order chi connectivity index (χ0) is 15.6. The summed E-state index contributed by atoms with van der Waals surface area (Å²) in [5.41, 5.74) is 1.16. The van der Waals surface area contributed by atoms with Crippen LogP contribution in [0.15, 0.2) is 42.7 Å². The molecule has 1 saturated heterocycles. The molecule has 1 aromatic carbocycles. The van der Waals surface area contributed by atoms with Gasteiger partial charge in [0.2, 0.25) is 5.91 Å². The molecule has 0 radical (unpaired) electrons. The Labute approximate surface area is 137 Å². The maximum Gasteiger partial charge on any atom is 0.242 e. The van der Waals surface area contributed by atoms with Crippen LogP contribution in [0.5, 0.6) is 0 Å². The van der Waals surface area contributed by atoms with Crippen LogP contribution in [0.3, 0.4) is 0 Å². The molecule has 3 aromatic rings. The topological polar surface area (TPSA) is 66.9 Å². The normalized spacial score (nSPS) is 17.9. The van der Waals surface area contributed by atoms with Crippen molar-refractivity contribution in [2.24, 2.45) is 0 Å². The molecule has 1 aliphatic rings. The Kier molecular flexibility index (Phi) is 3.67. The van der Waals surface area contributed by atoms with Crippen molar-refractivity contribution in [2.45, 2.75) is 18.9 Å². The predicted octanol–water partition coefficient (Wildman–Crippen LogP) is 3.05. The van der Waals surface area contributed by atoms with Crippen LogP contribution in [0.2, 0.25) is 0 Å². The number of nitrogens with zero attached hydrogens (tertiary/aromatic N) is 2. The molecule has 2 aromatic heterocycles. The van der Waals surface area contributed by atoms with E-state index in [0.29, 0.717) is 0 Å². The average Bonchev–Trinajstić information content (AvgIpc) is 3.03. The second-order valence-corrected chi connectivity index (χ2v) is 6.58. The fourth-order valence-corrected chi connectivity index (χ4v) is 3.79. The number of hydrogen-bond acceptors (Lipinski definition) is 5. The summed E-state index contributed by atoms with van der Waals surface area (Å²) < 4.78 is 0. The van der Waals surface area contributed by atoms with Gasteiger partial charge in [0.15, 0.2) is 0 Å². The highest BCUT2D eigenvalue weighted by atomic mass is 32.1. The molecule has 1 unspecified atom stereocenters. The average molecular weight is 324 g/mol. The van der Waals surface area contributed by atoms with Crippen molar-refractivity contribution in [3.63, 3.8) is 0 Å². The highest BCUT2D eigenvalue weighted by molar-refractivity contribution is 7.21. The molecule has 5 nitrogen and oxygen atoms in total. The van der Waals surface area contributed by atoms with Crippen molar-refractivity contribution in [2.75, 3.05) is 11.9 Å². The summed E-state index contributed by atoms with van der Waals surface area (Å²) in [5.74, 6) is 0.775. The molecular formula is C17H16N4OS. The molecule has 1 fully saturated rings. The Hall–Kier alpha value is -2.47. The molecule has 1 aliphatic heterocycles. The van der Waals surface area contributed by atoms with Crippen LogP contribution in [0.25, 0.3) is 20.7 Å². The van der Waals surface area contributed by atoms with Gasteiger partial charge in [0.05, 0.1) is 5.39 Å². The summed E-state index contributed by atoms with van der Waals surface area (Å²) in [5, 5.41) is 7.14. The minimum atomic E-state index is -0.220. The standard InChI is InChI=1S/C17H16N4OS/c22-16-13(7-4-8-18-16)21-15-12-9-14(11-5-2-1-3-6-11)23-17(12)20-10-19-15/h1-3,5-6,9-10,13H,4,7-8H2,(H,18,22)(H,19,20,21). The van der Waals surface area contributed by atoms with Crippen molar-refractivity contribution in [3.8, 4) is 10.4 Å². The maximum absolute atomic E-state index is 11.9. The van der Waals surface area contributed by atoms with Crippen LogP contribution in [0, 0.1) is 0 Å². The maximum atomic E-state index is 11.9. The lowest BCUT2D eigenvalue weighted by Crippen LogP contribution is -2.44. The quantitative estimate of drug-likeness (QED) is 0.777. The van der Waals surface area contributed by atoms with Crippen LogP contribution in [0.4, 0.5) is 5.82 Å². The highest BCUT2D eigenvalue weighted by Gasteiger charge is 2.23. The first kappa shape index (κ1) is 14.1. The van der Waals surface area contributed by atoms with Gasteiger partial charge in [-0.05, 0) is 24.5 Å². The first-order valence-electron chi connectivity index (χ1n) is 7.65. The molecule has 3 heterocycles. The molecule has 23 heavy (non-hydrogen) atoms. The van der Waals surface area contributed by atoms with E-state index in [1.54, 1.807) is 17.7 Å². The van der Waals surface area contributed by atoms with E-state index in [9.17, 15) is 4.79 Å². The Morgan fingerprint density at radius 3 is 2.91 bits per heavy atom. The minimum Gasteiger partial charge on any atom is -0.358 e. The van der Waals surface area contributed by atoms with Crippen LogP contribution < -0.4 is 10.6 Å². The van der Waals surface area contributed by atoms with Gasteiger partial charge >= 0.3 is 0 Å². The lowest BCUT2D eigenvalue weighted by molar-refractivity contribution is -0.123. The number of carbonyl (C=O) groups excluding carboxylic acids is 1. The number of hydrogen-bond donors (Lipinski definition) is 2. The number of anilines is 1. The summed E-state index contributed by atoms with van der Waals surface area (Å²) >= 11 is 1.64. The molecule has 0 spiro atoms. The largest absolute Gasteiger partial charge is 0.358 e. The van der Waals surface area contributed by atoms with Gasteiger partial charge in [0, 0.05) is 11.4 Å². The number of aromatic nitrogens is 2. The van der Waals surface area contributed by atoms with E-state index in [1.165, 1.54) is 0 Å². The van der Waals surface area contributed by atoms with Crippen LogP contribution in [0.1, 0.15) is 12.8 Å². The first-order chi connectivity index (χ1) is 11.3. The van der Waals surface area contributed by atoms with Gasteiger partial charge in [-0.25, -0.2) is 9.97 Å². The Morgan fingerprint density at radius 2 is 2.09 bits per heavy atom. The summed E-state index contributed by atoms with van der Waals surface area (Å²) in [6.07, 6.45) is 3.36. The van der Waals surface area contributed by atoms with Gasteiger partial charge in [-0.3, -0.25) is 4.79 Å². The van der Waals surface area contributed by atoms with Crippen molar-refractivity contribution >= 4 is 33.3 Å². The number of amides is 1. The zero-order valence-electron chi connectivity index (χ0n) is 12.5. The molecule has 0 bridgehead atoms. The van der Waals surface area contributed by atoms with Gasteiger partial charge in [-0.15, -0.1) is 11.3 Å². The highest BCUT2D eigenvalue weighted by Crippen LogP contribution is 2.35. The third kappa shape index (κ3) is 2.77. The molecule has 1 amide bonds. The van der Waals surface area contributed by atoms with Crippen molar-refractivity contribution in [3.05, 3.63) is 42.7 Å². The van der Waals surface area contributed by atoms with E-state index >= 15 is 0 Å². The summed E-state index contributed by atoms with van der Waals surface area (Å²) in [4.78, 5) is 22.7. The van der Waals surface area contributed by atoms with E-state index in [1.807, 2.05) is 18.2 Å².